The first-order valence-corrected chi connectivity index (χ1v) is 12.2. The monoisotopic (exact) mass is 488 g/mol. The van der Waals surface area contributed by atoms with E-state index < -0.39 is 42.0 Å². The number of rotatable bonds is 5. The Morgan fingerprint density at radius 1 is 0.939 bits per heavy atom. The van der Waals surface area contributed by atoms with E-state index in [9.17, 15) is 30.7 Å². The maximum atomic E-state index is 12.9. The van der Waals surface area contributed by atoms with Crippen LogP contribution in [-0.4, -0.2) is 43.6 Å². The Hall–Kier alpha value is -3.52. The number of carbonyl (C=O) groups excluding carboxylic acids is 1. The van der Waals surface area contributed by atoms with Gasteiger partial charge in [0.2, 0.25) is 0 Å². The molecule has 0 saturated carbocycles. The molecule has 1 unspecified atom stereocenters. The third-order valence-electron chi connectivity index (χ3n) is 4.85. The lowest BCUT2D eigenvalue weighted by Crippen LogP contribution is -2.29. The fraction of sp³-hybridized carbons (Fsp3) is 0.100. The fourth-order valence-corrected chi connectivity index (χ4v) is 4.71. The number of anilines is 1. The number of carbonyl (C=O) groups is 1. The smallest absolute Gasteiger partial charge is 0.282 e. The van der Waals surface area contributed by atoms with Crippen molar-refractivity contribution in [2.24, 2.45) is 15.3 Å². The van der Waals surface area contributed by atoms with E-state index in [1.54, 1.807) is 24.3 Å². The van der Waals surface area contributed by atoms with E-state index in [-0.39, 0.29) is 22.5 Å². The van der Waals surface area contributed by atoms with Gasteiger partial charge in [0.25, 0.3) is 26.1 Å². The van der Waals surface area contributed by atoms with Crippen molar-refractivity contribution < 1.29 is 30.7 Å². The third kappa shape index (κ3) is 4.39. The lowest BCUT2D eigenvalue weighted by atomic mass is 10.1. The molecule has 1 amide bonds. The van der Waals surface area contributed by atoms with Crippen molar-refractivity contribution in [3.8, 4) is 0 Å². The lowest BCUT2D eigenvalue weighted by Gasteiger charge is -2.13. The molecule has 0 aromatic heterocycles. The number of azo groups is 1. The Morgan fingerprint density at radius 2 is 1.67 bits per heavy atom. The molecule has 3 aromatic carbocycles. The van der Waals surface area contributed by atoms with Crippen molar-refractivity contribution in [1.82, 2.24) is 0 Å². The van der Waals surface area contributed by atoms with Gasteiger partial charge in [-0.3, -0.25) is 13.9 Å². The second kappa shape index (κ2) is 8.12. The van der Waals surface area contributed by atoms with Gasteiger partial charge in [-0.05, 0) is 36.6 Å². The van der Waals surface area contributed by atoms with Gasteiger partial charge in [-0.2, -0.15) is 37.2 Å². The molecule has 0 aliphatic carbocycles. The van der Waals surface area contributed by atoms with E-state index in [0.717, 1.165) is 17.1 Å². The van der Waals surface area contributed by atoms with Gasteiger partial charge >= 0.3 is 0 Å². The van der Waals surface area contributed by atoms with Crippen LogP contribution in [0.2, 0.25) is 0 Å². The Balaban J connectivity index is 1.71. The summed E-state index contributed by atoms with van der Waals surface area (Å²) >= 11 is 0. The van der Waals surface area contributed by atoms with Crippen LogP contribution in [0.25, 0.3) is 10.8 Å². The van der Waals surface area contributed by atoms with Gasteiger partial charge in [0.1, 0.15) is 10.6 Å². The summed E-state index contributed by atoms with van der Waals surface area (Å²) in [5.41, 5.74) is 0.135. The van der Waals surface area contributed by atoms with Crippen LogP contribution in [0, 0.1) is 0 Å². The van der Waals surface area contributed by atoms with Crippen LogP contribution in [0.4, 0.5) is 11.4 Å². The van der Waals surface area contributed by atoms with E-state index in [1.165, 1.54) is 31.2 Å². The van der Waals surface area contributed by atoms with Gasteiger partial charge in [0, 0.05) is 5.39 Å². The zero-order chi connectivity index (χ0) is 24.0. The summed E-state index contributed by atoms with van der Waals surface area (Å²) in [5, 5.41) is 13.6. The molecule has 0 saturated heterocycles. The van der Waals surface area contributed by atoms with Crippen LogP contribution in [-0.2, 0) is 25.0 Å². The minimum atomic E-state index is -4.67. The molecule has 0 fully saturated rings. The van der Waals surface area contributed by atoms with Crippen LogP contribution in [0.1, 0.15) is 6.92 Å². The van der Waals surface area contributed by atoms with E-state index in [4.69, 9.17) is 0 Å². The number of amides is 1. The van der Waals surface area contributed by atoms with E-state index in [0.29, 0.717) is 5.39 Å². The summed E-state index contributed by atoms with van der Waals surface area (Å²) in [6.07, 6.45) is 0. The molecular formula is C20H16N4O7S2. The van der Waals surface area contributed by atoms with Crippen molar-refractivity contribution in [2.45, 2.75) is 22.8 Å². The summed E-state index contributed by atoms with van der Waals surface area (Å²) in [4.78, 5) is 12.0. The minimum Gasteiger partial charge on any atom is -0.282 e. The van der Waals surface area contributed by atoms with Gasteiger partial charge in [-0.1, -0.05) is 36.4 Å². The van der Waals surface area contributed by atoms with Gasteiger partial charge in [0.15, 0.2) is 6.04 Å². The molecule has 0 radical (unpaired) electrons. The number of fused-ring (bicyclic) bond motifs is 1. The zero-order valence-corrected chi connectivity index (χ0v) is 18.5. The van der Waals surface area contributed by atoms with Gasteiger partial charge in [-0.15, -0.1) is 0 Å². The van der Waals surface area contributed by atoms with E-state index in [1.807, 2.05) is 0 Å². The maximum absolute atomic E-state index is 12.9. The number of hydrazone groups is 1. The normalized spacial score (nSPS) is 17.2. The van der Waals surface area contributed by atoms with E-state index in [2.05, 4.69) is 15.3 Å². The van der Waals surface area contributed by atoms with Crippen molar-refractivity contribution in [3.63, 3.8) is 0 Å². The molecule has 33 heavy (non-hydrogen) atoms. The predicted octanol–water partition coefficient (Wildman–Crippen LogP) is 3.21. The van der Waals surface area contributed by atoms with Gasteiger partial charge < -0.3 is 0 Å². The van der Waals surface area contributed by atoms with Crippen molar-refractivity contribution >= 4 is 54.0 Å². The highest BCUT2D eigenvalue weighted by Crippen LogP contribution is 2.33. The summed E-state index contributed by atoms with van der Waals surface area (Å²) < 4.78 is 65.8. The highest BCUT2D eigenvalue weighted by atomic mass is 32.2. The lowest BCUT2D eigenvalue weighted by molar-refractivity contribution is -0.117. The quantitative estimate of drug-likeness (QED) is 0.411. The minimum absolute atomic E-state index is 0.0801. The highest BCUT2D eigenvalue weighted by molar-refractivity contribution is 7.86. The van der Waals surface area contributed by atoms with Crippen molar-refractivity contribution in [2.75, 3.05) is 5.01 Å². The number of nitrogens with zero attached hydrogens (tertiary/aromatic N) is 4. The third-order valence-corrected chi connectivity index (χ3v) is 6.65. The van der Waals surface area contributed by atoms with Gasteiger partial charge in [-0.25, -0.2) is 0 Å². The molecule has 11 nitrogen and oxygen atoms in total. The summed E-state index contributed by atoms with van der Waals surface area (Å²) in [5.74, 6) is -0.669. The summed E-state index contributed by atoms with van der Waals surface area (Å²) in [6, 6.07) is 13.2. The predicted molar refractivity (Wildman–Crippen MR) is 119 cm³/mol. The topological polar surface area (TPSA) is 166 Å². The van der Waals surface area contributed by atoms with Crippen LogP contribution in [0.5, 0.6) is 0 Å². The molecule has 1 aliphatic rings. The van der Waals surface area contributed by atoms with Crippen molar-refractivity contribution in [3.05, 3.63) is 60.7 Å². The molecule has 1 aliphatic heterocycles. The number of hydrogen-bond donors (Lipinski definition) is 2. The molecule has 4 rings (SSSR count). The SMILES string of the molecule is CC1=NN(c2cccc(S(=O)(=O)O)c2)C(=O)C1N=Nc1ccc2ccccc2c1S(=O)(=O)O. The summed E-state index contributed by atoms with van der Waals surface area (Å²) in [7, 11) is -9.16. The van der Waals surface area contributed by atoms with Crippen LogP contribution in [0.3, 0.4) is 0 Å². The largest absolute Gasteiger partial charge is 0.297 e. The second-order valence-corrected chi connectivity index (χ2v) is 9.87. The first-order valence-electron chi connectivity index (χ1n) is 9.33. The molecular weight excluding hydrogens is 472 g/mol. The standard InChI is InChI=1S/C20H16N4O7S2/c1-12-18(20(25)24(23-12)14-6-4-7-15(11-14)32(26,27)28)22-21-17-10-9-13-5-2-3-8-16(13)19(17)33(29,30)31/h2-11,18H,1H3,(H,26,27,28)(H,29,30,31). The average Bonchev–Trinajstić information content (AvgIpc) is 3.04. The average molecular weight is 489 g/mol. The van der Waals surface area contributed by atoms with Crippen LogP contribution in [0.15, 0.2) is 85.8 Å². The fourth-order valence-electron chi connectivity index (χ4n) is 3.35. The molecule has 0 bridgehead atoms. The molecule has 170 valence electrons. The Bertz CT molecular complexity index is 1560. The molecule has 1 heterocycles. The molecule has 1 atom stereocenters. The van der Waals surface area contributed by atoms with Crippen LogP contribution < -0.4 is 5.01 Å². The molecule has 2 N–H and O–H groups in total. The number of benzene rings is 3. The maximum Gasteiger partial charge on any atom is 0.297 e. The Labute approximate surface area is 188 Å². The highest BCUT2D eigenvalue weighted by Gasteiger charge is 2.35. The first-order chi connectivity index (χ1) is 15.5. The molecule has 3 aromatic rings. The summed E-state index contributed by atoms with van der Waals surface area (Å²) in [6.45, 7) is 1.50. The van der Waals surface area contributed by atoms with Crippen LogP contribution >= 0.6 is 0 Å². The molecule has 0 spiro atoms. The van der Waals surface area contributed by atoms with Crippen molar-refractivity contribution in [1.29, 1.82) is 0 Å². The Morgan fingerprint density at radius 3 is 2.36 bits per heavy atom. The zero-order valence-electron chi connectivity index (χ0n) is 16.9. The molecule has 13 heteroatoms. The Kier molecular flexibility index (Phi) is 5.57. The first kappa shape index (κ1) is 22.7. The van der Waals surface area contributed by atoms with E-state index >= 15 is 0 Å². The second-order valence-electron chi connectivity index (χ2n) is 7.09. The number of hydrogen-bond acceptors (Lipinski definition) is 8. The van der Waals surface area contributed by atoms with Gasteiger partial charge in [0.05, 0.1) is 16.3 Å².